The topological polar surface area (TPSA) is 64.6 Å². The molecule has 0 aliphatic carbocycles. The van der Waals surface area contributed by atoms with Gasteiger partial charge < -0.3 is 14.8 Å². The van der Waals surface area contributed by atoms with Crippen LogP contribution in [0.15, 0.2) is 12.7 Å². The van der Waals surface area contributed by atoms with Crippen LogP contribution in [-0.4, -0.2) is 47.7 Å². The first kappa shape index (κ1) is 26.5. The SMILES string of the molecule is C=CC(=O)OC(OCCCCC(F)(F)C(F)(F)S)(C(=O)NC(C)C)C(F)(F)F. The Morgan fingerprint density at radius 3 is 2.04 bits per heavy atom. The minimum absolute atomic E-state index is 0.363. The van der Waals surface area contributed by atoms with Gasteiger partial charge >= 0.3 is 35.0 Å². The van der Waals surface area contributed by atoms with E-state index in [4.69, 9.17) is 0 Å². The van der Waals surface area contributed by atoms with Gasteiger partial charge in [0.25, 0.3) is 0 Å². The Bertz CT molecular complexity index is 564. The molecule has 1 unspecified atom stereocenters. The maximum atomic E-state index is 13.5. The Labute approximate surface area is 162 Å². The van der Waals surface area contributed by atoms with Crippen molar-refractivity contribution in [2.24, 2.45) is 0 Å². The predicted octanol–water partition coefficient (Wildman–Crippen LogP) is 3.84. The number of alkyl halides is 7. The van der Waals surface area contributed by atoms with Gasteiger partial charge in [-0.2, -0.15) is 30.7 Å². The Morgan fingerprint density at radius 2 is 1.64 bits per heavy atom. The minimum Gasteiger partial charge on any atom is -0.412 e. The fourth-order valence-corrected chi connectivity index (χ4v) is 1.88. The molecule has 1 atom stereocenters. The number of rotatable bonds is 11. The summed E-state index contributed by atoms with van der Waals surface area (Å²) in [5.74, 6) is -12.0. The number of carbonyl (C=O) groups is 2. The molecule has 0 aliphatic rings. The van der Waals surface area contributed by atoms with E-state index in [0.29, 0.717) is 6.08 Å². The molecule has 0 heterocycles. The first-order valence-electron chi connectivity index (χ1n) is 7.85. The zero-order chi connectivity index (χ0) is 22.4. The number of nitrogens with one attached hydrogen (secondary N) is 1. The van der Waals surface area contributed by atoms with Crippen LogP contribution in [0.3, 0.4) is 0 Å². The number of carbonyl (C=O) groups excluding carboxylic acids is 2. The summed E-state index contributed by atoms with van der Waals surface area (Å²) in [6.45, 7) is 4.57. The summed E-state index contributed by atoms with van der Waals surface area (Å²) >= 11 is 2.47. The molecule has 13 heteroatoms. The second-order valence-electron chi connectivity index (χ2n) is 5.92. The van der Waals surface area contributed by atoms with Gasteiger partial charge in [-0.1, -0.05) is 19.2 Å². The Morgan fingerprint density at radius 1 is 1.11 bits per heavy atom. The molecule has 0 aromatic rings. The molecule has 0 aromatic heterocycles. The lowest BCUT2D eigenvalue weighted by atomic mass is 10.1. The van der Waals surface area contributed by atoms with Crippen molar-refractivity contribution >= 4 is 24.5 Å². The molecule has 0 bridgehead atoms. The van der Waals surface area contributed by atoms with Crippen molar-refractivity contribution in [2.75, 3.05) is 6.61 Å². The van der Waals surface area contributed by atoms with Crippen LogP contribution in [-0.2, 0) is 19.1 Å². The van der Waals surface area contributed by atoms with Crippen LogP contribution in [0.2, 0.25) is 0 Å². The first-order chi connectivity index (χ1) is 12.5. The average molecular weight is 443 g/mol. The molecule has 5 nitrogen and oxygen atoms in total. The summed E-state index contributed by atoms with van der Waals surface area (Å²) in [6.07, 6.45) is -7.82. The van der Waals surface area contributed by atoms with Gasteiger partial charge in [0.15, 0.2) is 0 Å². The van der Waals surface area contributed by atoms with Crippen molar-refractivity contribution in [1.82, 2.24) is 5.32 Å². The molecule has 0 aliphatic heterocycles. The smallest absolute Gasteiger partial charge is 0.412 e. The van der Waals surface area contributed by atoms with Gasteiger partial charge in [-0.25, -0.2) is 4.79 Å². The summed E-state index contributed by atoms with van der Waals surface area (Å²) in [4.78, 5) is 23.3. The number of esters is 1. The highest BCUT2D eigenvalue weighted by atomic mass is 32.1. The fraction of sp³-hybridized carbons (Fsp3) is 0.733. The molecule has 0 fully saturated rings. The third kappa shape index (κ3) is 7.15. The van der Waals surface area contributed by atoms with E-state index in [9.17, 15) is 40.3 Å². The van der Waals surface area contributed by atoms with Gasteiger partial charge in [-0.15, -0.1) is 0 Å². The number of unbranched alkanes of at least 4 members (excludes halogenated alkanes) is 1. The Kier molecular flexibility index (Phi) is 9.28. The molecule has 1 amide bonds. The largest absolute Gasteiger partial charge is 0.466 e. The monoisotopic (exact) mass is 443 g/mol. The molecule has 0 radical (unpaired) electrons. The molecule has 1 N–H and O–H groups in total. The van der Waals surface area contributed by atoms with Gasteiger partial charge in [0, 0.05) is 18.5 Å². The predicted molar refractivity (Wildman–Crippen MR) is 87.0 cm³/mol. The molecule has 0 rings (SSSR count). The first-order valence-corrected chi connectivity index (χ1v) is 8.30. The van der Waals surface area contributed by atoms with E-state index in [2.05, 4.69) is 28.7 Å². The summed E-state index contributed by atoms with van der Waals surface area (Å²) in [6, 6.07) is -0.795. The summed E-state index contributed by atoms with van der Waals surface area (Å²) in [7, 11) is 0. The normalized spacial score (nSPS) is 15.1. The van der Waals surface area contributed by atoms with E-state index in [-0.39, 0.29) is 0 Å². The van der Waals surface area contributed by atoms with E-state index in [1.54, 1.807) is 0 Å². The van der Waals surface area contributed by atoms with Crippen LogP contribution >= 0.6 is 12.6 Å². The van der Waals surface area contributed by atoms with E-state index in [1.165, 1.54) is 13.8 Å². The quantitative estimate of drug-likeness (QED) is 0.127. The number of amides is 1. The molecular weight excluding hydrogens is 423 g/mol. The van der Waals surface area contributed by atoms with Crippen LogP contribution in [0.1, 0.15) is 33.1 Å². The Balaban J connectivity index is 5.30. The number of hydrogen-bond donors (Lipinski definition) is 2. The lowest BCUT2D eigenvalue weighted by Crippen LogP contribution is -2.62. The standard InChI is InChI=1S/C15H20F7NO4S/c1-4-10(24)27-13(14(18,19)20,11(25)23-9(2)3)26-8-6-5-7-12(16,17)15(21,22)28/h4,9,28H,1,5-8H2,2-3H3,(H,23,25). The second kappa shape index (κ2) is 9.81. The highest BCUT2D eigenvalue weighted by molar-refractivity contribution is 7.81. The van der Waals surface area contributed by atoms with Crippen LogP contribution in [0.5, 0.6) is 0 Å². The Hall–Kier alpha value is -1.50. The number of ether oxygens (including phenoxy) is 2. The maximum absolute atomic E-state index is 13.5. The number of halogens is 7. The van der Waals surface area contributed by atoms with Crippen molar-refractivity contribution in [3.63, 3.8) is 0 Å². The zero-order valence-corrected chi connectivity index (χ0v) is 15.8. The van der Waals surface area contributed by atoms with Crippen LogP contribution in [0.25, 0.3) is 0 Å². The summed E-state index contributed by atoms with van der Waals surface area (Å²) in [5, 5.41) is -2.73. The molecule has 0 aromatic carbocycles. The molecular formula is C15H20F7NO4S. The molecule has 0 saturated carbocycles. The summed E-state index contributed by atoms with van der Waals surface area (Å²) in [5.41, 5.74) is 0. The van der Waals surface area contributed by atoms with Gasteiger partial charge in [0.2, 0.25) is 0 Å². The van der Waals surface area contributed by atoms with Crippen LogP contribution in [0, 0.1) is 0 Å². The number of thiol groups is 1. The lowest BCUT2D eigenvalue weighted by molar-refractivity contribution is -0.347. The highest BCUT2D eigenvalue weighted by Crippen LogP contribution is 2.41. The molecule has 164 valence electrons. The zero-order valence-electron chi connectivity index (χ0n) is 14.9. The molecule has 0 spiro atoms. The van der Waals surface area contributed by atoms with Crippen LogP contribution < -0.4 is 5.32 Å². The maximum Gasteiger partial charge on any atom is 0.466 e. The van der Waals surface area contributed by atoms with Crippen LogP contribution in [0.4, 0.5) is 30.7 Å². The van der Waals surface area contributed by atoms with Gasteiger partial charge in [-0.05, 0) is 26.7 Å². The fourth-order valence-electron chi connectivity index (χ4n) is 1.77. The van der Waals surface area contributed by atoms with Gasteiger partial charge in [-0.3, -0.25) is 4.79 Å². The van der Waals surface area contributed by atoms with E-state index in [0.717, 1.165) is 0 Å². The van der Waals surface area contributed by atoms with Crippen molar-refractivity contribution in [3.8, 4) is 0 Å². The van der Waals surface area contributed by atoms with Crippen molar-refractivity contribution < 1.29 is 49.8 Å². The van der Waals surface area contributed by atoms with Crippen molar-refractivity contribution in [1.29, 1.82) is 0 Å². The molecule has 0 saturated heterocycles. The lowest BCUT2D eigenvalue weighted by Gasteiger charge is -2.33. The summed E-state index contributed by atoms with van der Waals surface area (Å²) < 4.78 is 100. The van der Waals surface area contributed by atoms with Gasteiger partial charge in [0.1, 0.15) is 0 Å². The highest BCUT2D eigenvalue weighted by Gasteiger charge is 2.66. The van der Waals surface area contributed by atoms with E-state index >= 15 is 0 Å². The van der Waals surface area contributed by atoms with Crippen molar-refractivity contribution in [3.05, 3.63) is 12.7 Å². The average Bonchev–Trinajstić information content (AvgIpc) is 2.49. The van der Waals surface area contributed by atoms with Crippen molar-refractivity contribution in [2.45, 2.75) is 62.3 Å². The van der Waals surface area contributed by atoms with E-state index < -0.39 is 66.9 Å². The molecule has 28 heavy (non-hydrogen) atoms. The van der Waals surface area contributed by atoms with E-state index in [1.807, 2.05) is 5.32 Å². The third-order valence-corrected chi connectivity index (χ3v) is 3.46. The van der Waals surface area contributed by atoms with Gasteiger partial charge in [0.05, 0.1) is 6.61 Å². The second-order valence-corrected chi connectivity index (χ2v) is 6.48. The number of hydrogen-bond acceptors (Lipinski definition) is 5. The third-order valence-electron chi connectivity index (χ3n) is 3.13. The minimum atomic E-state index is -5.54.